The van der Waals surface area contributed by atoms with Gasteiger partial charge in [-0.1, -0.05) is 158 Å². The zero-order chi connectivity index (χ0) is 41.0. The van der Waals surface area contributed by atoms with E-state index in [9.17, 15) is 0 Å². The Morgan fingerprint density at radius 3 is 1.47 bits per heavy atom. The van der Waals surface area contributed by atoms with Gasteiger partial charge in [-0.3, -0.25) is 0 Å². The summed E-state index contributed by atoms with van der Waals surface area (Å²) in [5, 5.41) is 4.47. The molecule has 0 saturated carbocycles. The Morgan fingerprint density at radius 2 is 0.790 bits per heavy atom. The molecular weight excluding hydrogens is 757 g/mol. The average Bonchev–Trinajstić information content (AvgIpc) is 3.90. The van der Waals surface area contributed by atoms with Gasteiger partial charge >= 0.3 is 0 Å². The summed E-state index contributed by atoms with van der Waals surface area (Å²) in [5.41, 5.74) is 14.4. The van der Waals surface area contributed by atoms with E-state index in [0.29, 0.717) is 17.5 Å². The summed E-state index contributed by atoms with van der Waals surface area (Å²) in [6.07, 6.45) is 0. The Bertz CT molecular complexity index is 3530. The summed E-state index contributed by atoms with van der Waals surface area (Å²) in [7, 11) is 0. The molecule has 62 heavy (non-hydrogen) atoms. The van der Waals surface area contributed by atoms with Gasteiger partial charge in [-0.25, -0.2) is 15.0 Å². The van der Waals surface area contributed by atoms with Gasteiger partial charge in [0.2, 0.25) is 0 Å². The molecule has 0 radical (unpaired) electrons. The van der Waals surface area contributed by atoms with E-state index >= 15 is 0 Å². The van der Waals surface area contributed by atoms with Crippen LogP contribution in [0, 0.1) is 0 Å². The highest BCUT2D eigenvalue weighted by atomic mass is 16.3. The third-order valence-corrected chi connectivity index (χ3v) is 11.8. The van der Waals surface area contributed by atoms with E-state index in [0.717, 1.165) is 77.7 Å². The van der Waals surface area contributed by atoms with Crippen molar-refractivity contribution in [2.75, 3.05) is 0 Å². The van der Waals surface area contributed by atoms with E-state index < -0.39 is 0 Å². The molecule has 12 rings (SSSR count). The highest BCUT2D eigenvalue weighted by molar-refractivity contribution is 6.12. The maximum atomic E-state index is 6.75. The molecule has 290 valence electrons. The second kappa shape index (κ2) is 14.7. The number of rotatable bonds is 7. The molecule has 12 aromatic rings. The second-order valence-electron chi connectivity index (χ2n) is 15.6. The standard InChI is InChI=1S/C57H36N4O/c1-4-15-37(16-5-1)39-19-12-21-43(33-39)55-58-56(44-22-13-20-40(34-44)38-17-6-2-7-18-38)60-57(59-55)48-27-14-26-47-50-36-42(30-32-53(50)62-54(47)48)41-29-31-52-49(35-41)46-25-10-11-28-51(46)61(52)45-23-8-3-9-24-45/h1-36H. The highest BCUT2D eigenvalue weighted by Crippen LogP contribution is 2.40. The fraction of sp³-hybridized carbons (Fsp3) is 0. The zero-order valence-electron chi connectivity index (χ0n) is 33.5. The number of furan rings is 1. The lowest BCUT2D eigenvalue weighted by molar-refractivity contribution is 0.669. The van der Waals surface area contributed by atoms with Gasteiger partial charge in [-0.05, 0) is 94.0 Å². The maximum absolute atomic E-state index is 6.75. The molecule has 0 unspecified atom stereocenters. The first kappa shape index (κ1) is 35.5. The van der Waals surface area contributed by atoms with Crippen molar-refractivity contribution >= 4 is 43.7 Å². The molecule has 0 aliphatic rings. The van der Waals surface area contributed by atoms with Gasteiger partial charge in [0.1, 0.15) is 11.2 Å². The highest BCUT2D eigenvalue weighted by Gasteiger charge is 2.20. The number of fused-ring (bicyclic) bond motifs is 6. The van der Waals surface area contributed by atoms with Crippen molar-refractivity contribution in [2.24, 2.45) is 0 Å². The van der Waals surface area contributed by atoms with Gasteiger partial charge in [-0.2, -0.15) is 0 Å². The molecule has 0 saturated heterocycles. The molecule has 0 aliphatic carbocycles. The van der Waals surface area contributed by atoms with Gasteiger partial charge in [0.05, 0.1) is 16.6 Å². The van der Waals surface area contributed by atoms with Crippen LogP contribution in [-0.4, -0.2) is 19.5 Å². The lowest BCUT2D eigenvalue weighted by Crippen LogP contribution is -2.00. The number of para-hydroxylation sites is 3. The third-order valence-electron chi connectivity index (χ3n) is 11.8. The molecule has 0 fully saturated rings. The van der Waals surface area contributed by atoms with Crippen molar-refractivity contribution in [3.8, 4) is 73.2 Å². The first-order valence-corrected chi connectivity index (χ1v) is 20.8. The quantitative estimate of drug-likeness (QED) is 0.161. The normalized spacial score (nSPS) is 11.5. The maximum Gasteiger partial charge on any atom is 0.167 e. The summed E-state index contributed by atoms with van der Waals surface area (Å²) >= 11 is 0. The number of hydrogen-bond donors (Lipinski definition) is 0. The predicted octanol–water partition coefficient (Wildman–Crippen LogP) is 14.9. The molecule has 0 amide bonds. The molecule has 5 heteroatoms. The lowest BCUT2D eigenvalue weighted by atomic mass is 10.00. The van der Waals surface area contributed by atoms with Crippen molar-refractivity contribution < 1.29 is 4.42 Å². The average molecular weight is 793 g/mol. The van der Waals surface area contributed by atoms with E-state index in [2.05, 4.69) is 205 Å². The second-order valence-corrected chi connectivity index (χ2v) is 15.6. The van der Waals surface area contributed by atoms with Crippen LogP contribution in [0.25, 0.3) is 117 Å². The summed E-state index contributed by atoms with van der Waals surface area (Å²) < 4.78 is 9.10. The van der Waals surface area contributed by atoms with Gasteiger partial charge in [0.25, 0.3) is 0 Å². The van der Waals surface area contributed by atoms with E-state index in [4.69, 9.17) is 19.4 Å². The summed E-state index contributed by atoms with van der Waals surface area (Å²) in [6, 6.07) is 76.3. The molecule has 0 spiro atoms. The van der Waals surface area contributed by atoms with Crippen LogP contribution in [0.15, 0.2) is 223 Å². The molecule has 5 nitrogen and oxygen atoms in total. The first-order valence-electron chi connectivity index (χ1n) is 20.8. The van der Waals surface area contributed by atoms with Crippen molar-refractivity contribution in [1.82, 2.24) is 19.5 Å². The molecule has 3 aromatic heterocycles. The third kappa shape index (κ3) is 6.14. The van der Waals surface area contributed by atoms with Crippen LogP contribution in [0.5, 0.6) is 0 Å². The fourth-order valence-electron chi connectivity index (χ4n) is 8.85. The lowest BCUT2D eigenvalue weighted by Gasteiger charge is -2.11. The minimum absolute atomic E-state index is 0.547. The van der Waals surface area contributed by atoms with Crippen LogP contribution < -0.4 is 0 Å². The van der Waals surface area contributed by atoms with Crippen molar-refractivity contribution in [1.29, 1.82) is 0 Å². The largest absolute Gasteiger partial charge is 0.455 e. The monoisotopic (exact) mass is 792 g/mol. The van der Waals surface area contributed by atoms with Crippen LogP contribution in [0.2, 0.25) is 0 Å². The Kier molecular flexibility index (Phi) is 8.42. The smallest absolute Gasteiger partial charge is 0.167 e. The Morgan fingerprint density at radius 1 is 0.306 bits per heavy atom. The van der Waals surface area contributed by atoms with Crippen LogP contribution in [0.4, 0.5) is 0 Å². The van der Waals surface area contributed by atoms with E-state index in [1.807, 2.05) is 18.2 Å². The van der Waals surface area contributed by atoms with Crippen LogP contribution in [0.1, 0.15) is 0 Å². The van der Waals surface area contributed by atoms with Crippen molar-refractivity contribution in [3.05, 3.63) is 218 Å². The molecule has 0 aliphatic heterocycles. The van der Waals surface area contributed by atoms with E-state index in [-0.39, 0.29) is 0 Å². The van der Waals surface area contributed by atoms with Gasteiger partial charge in [0.15, 0.2) is 17.5 Å². The summed E-state index contributed by atoms with van der Waals surface area (Å²) in [4.78, 5) is 15.5. The minimum atomic E-state index is 0.547. The Balaban J connectivity index is 0.999. The molecule has 0 N–H and O–H groups in total. The topological polar surface area (TPSA) is 56.7 Å². The SMILES string of the molecule is c1ccc(-c2cccc(-c3nc(-c4cccc(-c5ccccc5)c4)nc(-c4cccc5c4oc4ccc(-c6ccc7c(c6)c6ccccc6n7-c6ccccc6)cc45)n3)c2)cc1. The van der Waals surface area contributed by atoms with Crippen LogP contribution in [0.3, 0.4) is 0 Å². The number of aromatic nitrogens is 4. The summed E-state index contributed by atoms with van der Waals surface area (Å²) in [6.45, 7) is 0. The Hall–Kier alpha value is -8.41. The molecular formula is C57H36N4O. The Labute approximate surface area is 357 Å². The van der Waals surface area contributed by atoms with Crippen molar-refractivity contribution in [3.63, 3.8) is 0 Å². The van der Waals surface area contributed by atoms with Crippen LogP contribution >= 0.6 is 0 Å². The molecule has 0 atom stereocenters. The predicted molar refractivity (Wildman–Crippen MR) is 254 cm³/mol. The van der Waals surface area contributed by atoms with Crippen molar-refractivity contribution in [2.45, 2.75) is 0 Å². The van der Waals surface area contributed by atoms with Crippen LogP contribution in [-0.2, 0) is 0 Å². The van der Waals surface area contributed by atoms with Gasteiger partial charge in [-0.15, -0.1) is 0 Å². The number of hydrogen-bond acceptors (Lipinski definition) is 4. The number of nitrogens with zero attached hydrogens (tertiary/aromatic N) is 4. The molecule has 9 aromatic carbocycles. The van der Waals surface area contributed by atoms with E-state index in [1.54, 1.807) is 0 Å². The number of benzene rings is 9. The fourth-order valence-corrected chi connectivity index (χ4v) is 8.85. The molecule has 0 bridgehead atoms. The van der Waals surface area contributed by atoms with Gasteiger partial charge < -0.3 is 8.98 Å². The minimum Gasteiger partial charge on any atom is -0.455 e. The zero-order valence-corrected chi connectivity index (χ0v) is 33.5. The van der Waals surface area contributed by atoms with Gasteiger partial charge in [0, 0.05) is 38.4 Å². The molecule has 3 heterocycles. The van der Waals surface area contributed by atoms with E-state index in [1.165, 1.54) is 21.8 Å². The first-order chi connectivity index (χ1) is 30.7. The summed E-state index contributed by atoms with van der Waals surface area (Å²) in [5.74, 6) is 1.73.